The second kappa shape index (κ2) is 10.0. The molecule has 1 amide bonds. The summed E-state index contributed by atoms with van der Waals surface area (Å²) in [5.41, 5.74) is 2.84. The highest BCUT2D eigenvalue weighted by Gasteiger charge is 2.24. The van der Waals surface area contributed by atoms with Gasteiger partial charge in [0.15, 0.2) is 5.76 Å². The molecule has 0 bridgehead atoms. The van der Waals surface area contributed by atoms with Crippen LogP contribution in [0.2, 0.25) is 4.34 Å². The summed E-state index contributed by atoms with van der Waals surface area (Å²) in [5, 5.41) is 8.30. The number of likely N-dealkylation sites (tertiary alicyclic amines) is 1. The van der Waals surface area contributed by atoms with Gasteiger partial charge in [0, 0.05) is 42.7 Å². The van der Waals surface area contributed by atoms with Crippen LogP contribution >= 0.6 is 22.9 Å². The third kappa shape index (κ3) is 5.39. The maximum Gasteiger partial charge on any atom is 0.414 e. The number of ether oxygens (including phenoxy) is 1. The Hall–Kier alpha value is -2.81. The topological polar surface area (TPSA) is 72.5 Å². The summed E-state index contributed by atoms with van der Waals surface area (Å²) in [5.74, 6) is 1.14. The van der Waals surface area contributed by atoms with Gasteiger partial charge in [-0.2, -0.15) is 0 Å². The van der Waals surface area contributed by atoms with Crippen molar-refractivity contribution in [1.82, 2.24) is 19.9 Å². The molecule has 5 rings (SSSR count). The molecule has 1 aromatic carbocycles. The molecule has 0 spiro atoms. The van der Waals surface area contributed by atoms with Crippen LogP contribution in [0.25, 0.3) is 21.5 Å². The first-order valence-electron chi connectivity index (χ1n) is 11.9. The number of fused-ring (bicyclic) bond motifs is 1. The van der Waals surface area contributed by atoms with Crippen LogP contribution in [0.4, 0.5) is 4.79 Å². The number of hydrogen-bond acceptors (Lipinski definition) is 6. The number of nitrogens with zero attached hydrogens (tertiary/aromatic N) is 3. The zero-order valence-corrected chi connectivity index (χ0v) is 21.7. The summed E-state index contributed by atoms with van der Waals surface area (Å²) >= 11 is 7.51. The van der Waals surface area contributed by atoms with Crippen molar-refractivity contribution in [1.29, 1.82) is 0 Å². The standard InChI is InChI=1S/C26H29ClN4O3S/c1-16(2)30-10-8-19(9-11-30)28-26(32)33-25-13-18-12-17(3)4-5-21(18)31(25)15-20-14-22(34-29-20)23-6-7-24(27)35-23/h4-7,12-14,16,19H,8-11,15H2,1-3H3,(H,28,32). The second-order valence-corrected chi connectivity index (χ2v) is 11.1. The van der Waals surface area contributed by atoms with Crippen LogP contribution in [0.15, 0.2) is 47.0 Å². The Kier molecular flexibility index (Phi) is 6.86. The number of carbonyl (C=O) groups excluding carboxylic acids is 1. The summed E-state index contributed by atoms with van der Waals surface area (Å²) in [6, 6.07) is 14.4. The number of nitrogens with one attached hydrogen (secondary N) is 1. The van der Waals surface area contributed by atoms with Gasteiger partial charge in [-0.15, -0.1) is 11.3 Å². The minimum absolute atomic E-state index is 0.119. The van der Waals surface area contributed by atoms with Crippen LogP contribution in [0.3, 0.4) is 0 Å². The van der Waals surface area contributed by atoms with E-state index in [0.29, 0.717) is 28.6 Å². The van der Waals surface area contributed by atoms with E-state index < -0.39 is 6.09 Å². The van der Waals surface area contributed by atoms with E-state index in [-0.39, 0.29) is 6.04 Å². The van der Waals surface area contributed by atoms with Crippen LogP contribution in [-0.2, 0) is 6.54 Å². The minimum atomic E-state index is -0.428. The van der Waals surface area contributed by atoms with Gasteiger partial charge < -0.3 is 24.0 Å². The largest absolute Gasteiger partial charge is 0.414 e. The average Bonchev–Trinajstić information content (AvgIpc) is 3.53. The molecule has 0 saturated carbocycles. The molecule has 4 aromatic rings. The van der Waals surface area contributed by atoms with Gasteiger partial charge in [0.05, 0.1) is 21.3 Å². The molecule has 0 aliphatic carbocycles. The van der Waals surface area contributed by atoms with Gasteiger partial charge in [-0.25, -0.2) is 4.79 Å². The Bertz CT molecular complexity index is 1330. The number of amides is 1. The first-order chi connectivity index (χ1) is 16.9. The van der Waals surface area contributed by atoms with Crippen molar-refractivity contribution in [2.75, 3.05) is 13.1 Å². The van der Waals surface area contributed by atoms with Gasteiger partial charge in [0.1, 0.15) is 5.69 Å². The highest BCUT2D eigenvalue weighted by molar-refractivity contribution is 7.19. The summed E-state index contributed by atoms with van der Waals surface area (Å²) in [7, 11) is 0. The van der Waals surface area contributed by atoms with Gasteiger partial charge in [-0.05, 0) is 57.9 Å². The average molecular weight is 513 g/mol. The zero-order chi connectivity index (χ0) is 24.5. The summed E-state index contributed by atoms with van der Waals surface area (Å²) in [6.45, 7) is 8.82. The van der Waals surface area contributed by atoms with E-state index in [9.17, 15) is 4.79 Å². The molecule has 4 heterocycles. The number of aryl methyl sites for hydroxylation is 1. The number of benzene rings is 1. The molecule has 0 atom stereocenters. The van der Waals surface area contributed by atoms with Crippen molar-refractivity contribution in [3.63, 3.8) is 0 Å². The predicted octanol–water partition coefficient (Wildman–Crippen LogP) is 6.33. The van der Waals surface area contributed by atoms with Crippen molar-refractivity contribution < 1.29 is 14.1 Å². The van der Waals surface area contributed by atoms with E-state index >= 15 is 0 Å². The number of halogens is 1. The molecule has 3 aromatic heterocycles. The predicted molar refractivity (Wildman–Crippen MR) is 139 cm³/mol. The van der Waals surface area contributed by atoms with Gasteiger partial charge in [-0.3, -0.25) is 0 Å². The molecule has 1 aliphatic heterocycles. The Morgan fingerprint density at radius 2 is 2.03 bits per heavy atom. The first kappa shape index (κ1) is 23.9. The number of carbonyl (C=O) groups is 1. The molecule has 1 N–H and O–H groups in total. The van der Waals surface area contributed by atoms with Crippen LogP contribution in [0.5, 0.6) is 5.88 Å². The van der Waals surface area contributed by atoms with Crippen LogP contribution < -0.4 is 10.1 Å². The minimum Gasteiger partial charge on any atom is -0.393 e. The van der Waals surface area contributed by atoms with Crippen molar-refractivity contribution in [2.45, 2.75) is 52.2 Å². The van der Waals surface area contributed by atoms with E-state index in [1.54, 1.807) is 0 Å². The monoisotopic (exact) mass is 512 g/mol. The van der Waals surface area contributed by atoms with E-state index in [1.165, 1.54) is 11.3 Å². The number of hydrogen-bond donors (Lipinski definition) is 1. The lowest BCUT2D eigenvalue weighted by molar-refractivity contribution is 0.151. The van der Waals surface area contributed by atoms with E-state index in [4.69, 9.17) is 20.9 Å². The number of rotatable bonds is 6. The number of piperidine rings is 1. The molecular formula is C26H29ClN4O3S. The Morgan fingerprint density at radius 3 is 2.74 bits per heavy atom. The summed E-state index contributed by atoms with van der Waals surface area (Å²) in [6.07, 6.45) is 1.41. The maximum atomic E-state index is 12.8. The van der Waals surface area contributed by atoms with Gasteiger partial charge >= 0.3 is 6.09 Å². The van der Waals surface area contributed by atoms with Crippen molar-refractivity contribution in [2.24, 2.45) is 0 Å². The van der Waals surface area contributed by atoms with Crippen LogP contribution in [0, 0.1) is 6.92 Å². The normalized spacial score (nSPS) is 15.2. The van der Waals surface area contributed by atoms with Crippen LogP contribution in [-0.4, -0.2) is 45.9 Å². The van der Waals surface area contributed by atoms with Crippen molar-refractivity contribution in [3.8, 4) is 16.5 Å². The first-order valence-corrected chi connectivity index (χ1v) is 13.1. The fourth-order valence-electron chi connectivity index (χ4n) is 4.58. The summed E-state index contributed by atoms with van der Waals surface area (Å²) in [4.78, 5) is 16.2. The zero-order valence-electron chi connectivity index (χ0n) is 20.1. The van der Waals surface area contributed by atoms with Gasteiger partial charge in [-0.1, -0.05) is 28.4 Å². The lowest BCUT2D eigenvalue weighted by Crippen LogP contribution is -2.47. The van der Waals surface area contributed by atoms with E-state index in [0.717, 1.165) is 53.0 Å². The Labute approximate surface area is 213 Å². The van der Waals surface area contributed by atoms with Gasteiger partial charge in [0.25, 0.3) is 0 Å². The number of aromatic nitrogens is 2. The SMILES string of the molecule is Cc1ccc2c(c1)cc(OC(=O)NC1CCN(C(C)C)CC1)n2Cc1cc(-c2ccc(Cl)s2)on1. The molecule has 1 fully saturated rings. The molecule has 0 radical (unpaired) electrons. The quantitative estimate of drug-likeness (QED) is 0.327. The lowest BCUT2D eigenvalue weighted by Gasteiger charge is -2.34. The third-order valence-electron chi connectivity index (χ3n) is 6.49. The molecule has 9 heteroatoms. The lowest BCUT2D eigenvalue weighted by atomic mass is 10.0. The van der Waals surface area contributed by atoms with Crippen molar-refractivity contribution in [3.05, 3.63) is 58.1 Å². The maximum absolute atomic E-state index is 12.8. The van der Waals surface area contributed by atoms with E-state index in [1.807, 2.05) is 47.9 Å². The molecule has 0 unspecified atom stereocenters. The number of thiophene rings is 1. The fraction of sp³-hybridized carbons (Fsp3) is 0.385. The second-order valence-electron chi connectivity index (χ2n) is 9.36. The Morgan fingerprint density at radius 1 is 1.23 bits per heavy atom. The molecule has 184 valence electrons. The smallest absolute Gasteiger partial charge is 0.393 e. The third-order valence-corrected chi connectivity index (χ3v) is 7.74. The highest BCUT2D eigenvalue weighted by atomic mass is 35.5. The highest BCUT2D eigenvalue weighted by Crippen LogP contribution is 2.33. The van der Waals surface area contributed by atoms with Crippen LogP contribution in [0.1, 0.15) is 37.9 Å². The Balaban J connectivity index is 1.34. The molecular weight excluding hydrogens is 484 g/mol. The molecule has 1 saturated heterocycles. The molecule has 7 nitrogen and oxygen atoms in total. The molecule has 35 heavy (non-hydrogen) atoms. The van der Waals surface area contributed by atoms with Gasteiger partial charge in [0.2, 0.25) is 5.88 Å². The van der Waals surface area contributed by atoms with Crippen molar-refractivity contribution >= 4 is 39.9 Å². The fourth-order valence-corrected chi connectivity index (χ4v) is 5.57. The van der Waals surface area contributed by atoms with E-state index in [2.05, 4.69) is 35.3 Å². The molecule has 1 aliphatic rings. The summed E-state index contributed by atoms with van der Waals surface area (Å²) < 4.78 is 14.0.